The fraction of sp³-hybridized carbons (Fsp3) is 0.357. The number of hydrogen-bond donors (Lipinski definition) is 1. The van der Waals surface area contributed by atoms with Gasteiger partial charge in [0.15, 0.2) is 11.6 Å². The minimum atomic E-state index is -0.434. The van der Waals surface area contributed by atoms with Crippen LogP contribution in [-0.2, 0) is 4.79 Å². The summed E-state index contributed by atoms with van der Waals surface area (Å²) >= 11 is 0. The number of hydrogen-bond acceptors (Lipinski definition) is 2. The van der Waals surface area contributed by atoms with E-state index in [0.717, 1.165) is 19.3 Å². The number of nitrogens with one attached hydrogen (secondary N) is 1. The Morgan fingerprint density at radius 3 is 2.94 bits per heavy atom. The number of carbonyl (C=O) groups excluding carboxylic acids is 1. The smallest absolute Gasteiger partial charge is 0.227 e. The third-order valence-corrected chi connectivity index (χ3v) is 3.06. The van der Waals surface area contributed by atoms with E-state index in [4.69, 9.17) is 4.74 Å². The molecule has 0 heterocycles. The van der Waals surface area contributed by atoms with E-state index in [9.17, 15) is 9.18 Å². The van der Waals surface area contributed by atoms with E-state index in [1.165, 1.54) is 25.3 Å². The third kappa shape index (κ3) is 2.88. The van der Waals surface area contributed by atoms with Gasteiger partial charge in [-0.1, -0.05) is 12.2 Å². The number of benzene rings is 1. The van der Waals surface area contributed by atoms with Crippen LogP contribution in [0.2, 0.25) is 0 Å². The standard InChI is InChI=1S/C14H16FNO2/c1-18-13-9-11(7-8-12(13)15)16-14(17)10-5-3-2-4-6-10/h2-3,7-10H,4-6H2,1H3,(H,16,17). The normalized spacial score (nSPS) is 18.4. The van der Waals surface area contributed by atoms with E-state index in [0.29, 0.717) is 5.69 Å². The Bertz CT molecular complexity index is 471. The van der Waals surface area contributed by atoms with Crippen molar-refractivity contribution in [3.63, 3.8) is 0 Å². The summed E-state index contributed by atoms with van der Waals surface area (Å²) in [6, 6.07) is 4.32. The highest BCUT2D eigenvalue weighted by atomic mass is 19.1. The molecular formula is C14H16FNO2. The summed E-state index contributed by atoms with van der Waals surface area (Å²) in [5, 5.41) is 2.79. The molecular weight excluding hydrogens is 233 g/mol. The number of methoxy groups -OCH3 is 1. The van der Waals surface area contributed by atoms with Crippen molar-refractivity contribution in [3.05, 3.63) is 36.2 Å². The molecule has 0 aromatic heterocycles. The van der Waals surface area contributed by atoms with Crippen molar-refractivity contribution in [2.45, 2.75) is 19.3 Å². The summed E-state index contributed by atoms with van der Waals surface area (Å²) in [7, 11) is 1.40. The Morgan fingerprint density at radius 1 is 1.44 bits per heavy atom. The van der Waals surface area contributed by atoms with Crippen LogP contribution in [0, 0.1) is 11.7 Å². The van der Waals surface area contributed by atoms with Crippen LogP contribution in [0.5, 0.6) is 5.75 Å². The van der Waals surface area contributed by atoms with Gasteiger partial charge in [-0.25, -0.2) is 4.39 Å². The summed E-state index contributed by atoms with van der Waals surface area (Å²) in [6.45, 7) is 0. The first kappa shape index (κ1) is 12.6. The molecule has 3 nitrogen and oxygen atoms in total. The number of anilines is 1. The largest absolute Gasteiger partial charge is 0.494 e. The molecule has 0 spiro atoms. The fourth-order valence-corrected chi connectivity index (χ4v) is 2.01. The predicted molar refractivity (Wildman–Crippen MR) is 68.1 cm³/mol. The van der Waals surface area contributed by atoms with Gasteiger partial charge in [-0.15, -0.1) is 0 Å². The van der Waals surface area contributed by atoms with Crippen LogP contribution in [0.3, 0.4) is 0 Å². The molecule has 1 aliphatic carbocycles. The van der Waals surface area contributed by atoms with Crippen LogP contribution in [0.4, 0.5) is 10.1 Å². The zero-order chi connectivity index (χ0) is 13.0. The van der Waals surface area contributed by atoms with Gasteiger partial charge in [0.1, 0.15) is 0 Å². The molecule has 2 rings (SSSR count). The number of amides is 1. The second-order valence-electron chi connectivity index (χ2n) is 4.32. The predicted octanol–water partition coefficient (Wildman–Crippen LogP) is 3.13. The molecule has 96 valence electrons. The minimum absolute atomic E-state index is 0.00560. The second kappa shape index (κ2) is 5.67. The van der Waals surface area contributed by atoms with Crippen molar-refractivity contribution in [3.8, 4) is 5.75 Å². The lowest BCUT2D eigenvalue weighted by molar-refractivity contribution is -0.120. The van der Waals surface area contributed by atoms with Gasteiger partial charge in [0.2, 0.25) is 5.91 Å². The lowest BCUT2D eigenvalue weighted by Gasteiger charge is -2.17. The van der Waals surface area contributed by atoms with Crippen LogP contribution in [0.25, 0.3) is 0 Å². The number of halogens is 1. The summed E-state index contributed by atoms with van der Waals surface area (Å²) in [4.78, 5) is 12.0. The average molecular weight is 249 g/mol. The fourth-order valence-electron chi connectivity index (χ4n) is 2.01. The Hall–Kier alpha value is -1.84. The maximum absolute atomic E-state index is 13.2. The van der Waals surface area contributed by atoms with Gasteiger partial charge in [-0.05, 0) is 31.4 Å². The van der Waals surface area contributed by atoms with Crippen molar-refractivity contribution in [2.24, 2.45) is 5.92 Å². The van der Waals surface area contributed by atoms with Crippen LogP contribution in [-0.4, -0.2) is 13.0 Å². The number of ether oxygens (including phenoxy) is 1. The van der Waals surface area contributed by atoms with Crippen molar-refractivity contribution in [1.82, 2.24) is 0 Å². The van der Waals surface area contributed by atoms with Crippen LogP contribution in [0.15, 0.2) is 30.4 Å². The van der Waals surface area contributed by atoms with Crippen molar-refractivity contribution in [2.75, 3.05) is 12.4 Å². The van der Waals surface area contributed by atoms with Gasteiger partial charge in [0.05, 0.1) is 7.11 Å². The first-order valence-corrected chi connectivity index (χ1v) is 6.00. The first-order valence-electron chi connectivity index (χ1n) is 6.00. The maximum atomic E-state index is 13.2. The van der Waals surface area contributed by atoms with E-state index in [2.05, 4.69) is 11.4 Å². The molecule has 0 saturated heterocycles. The zero-order valence-corrected chi connectivity index (χ0v) is 10.3. The average Bonchev–Trinajstić information content (AvgIpc) is 2.42. The molecule has 1 aliphatic rings. The molecule has 0 bridgehead atoms. The molecule has 18 heavy (non-hydrogen) atoms. The summed E-state index contributed by atoms with van der Waals surface area (Å²) in [5.74, 6) is -0.313. The topological polar surface area (TPSA) is 38.3 Å². The maximum Gasteiger partial charge on any atom is 0.227 e. The lowest BCUT2D eigenvalue weighted by Crippen LogP contribution is -2.23. The van der Waals surface area contributed by atoms with Crippen molar-refractivity contribution < 1.29 is 13.9 Å². The van der Waals surface area contributed by atoms with Gasteiger partial charge in [0, 0.05) is 17.7 Å². The van der Waals surface area contributed by atoms with Gasteiger partial charge in [-0.2, -0.15) is 0 Å². The molecule has 1 unspecified atom stereocenters. The van der Waals surface area contributed by atoms with E-state index in [1.54, 1.807) is 0 Å². The highest BCUT2D eigenvalue weighted by Gasteiger charge is 2.19. The first-order chi connectivity index (χ1) is 8.70. The Labute approximate surface area is 106 Å². The molecule has 1 N–H and O–H groups in total. The van der Waals surface area contributed by atoms with Crippen LogP contribution < -0.4 is 10.1 Å². The van der Waals surface area contributed by atoms with Gasteiger partial charge in [0.25, 0.3) is 0 Å². The van der Waals surface area contributed by atoms with E-state index in [1.807, 2.05) is 6.08 Å². The molecule has 0 fully saturated rings. The van der Waals surface area contributed by atoms with Gasteiger partial charge < -0.3 is 10.1 Å². The van der Waals surface area contributed by atoms with Gasteiger partial charge in [-0.3, -0.25) is 4.79 Å². The van der Waals surface area contributed by atoms with Crippen molar-refractivity contribution >= 4 is 11.6 Å². The quantitative estimate of drug-likeness (QED) is 0.836. The molecule has 4 heteroatoms. The van der Waals surface area contributed by atoms with Crippen LogP contribution in [0.1, 0.15) is 19.3 Å². The second-order valence-corrected chi connectivity index (χ2v) is 4.32. The molecule has 1 atom stereocenters. The monoisotopic (exact) mass is 249 g/mol. The van der Waals surface area contributed by atoms with E-state index >= 15 is 0 Å². The lowest BCUT2D eigenvalue weighted by atomic mass is 9.93. The molecule has 0 radical (unpaired) electrons. The Kier molecular flexibility index (Phi) is 3.97. The molecule has 1 aromatic carbocycles. The summed E-state index contributed by atoms with van der Waals surface area (Å²) in [5.41, 5.74) is 0.563. The molecule has 1 aromatic rings. The summed E-state index contributed by atoms with van der Waals surface area (Å²) < 4.78 is 18.1. The van der Waals surface area contributed by atoms with E-state index < -0.39 is 5.82 Å². The van der Waals surface area contributed by atoms with Gasteiger partial charge >= 0.3 is 0 Å². The highest BCUT2D eigenvalue weighted by Crippen LogP contribution is 2.24. The molecule has 1 amide bonds. The Morgan fingerprint density at radius 2 is 2.28 bits per heavy atom. The number of rotatable bonds is 3. The molecule has 0 saturated carbocycles. The van der Waals surface area contributed by atoms with Crippen molar-refractivity contribution in [1.29, 1.82) is 0 Å². The number of allylic oxidation sites excluding steroid dienone is 2. The SMILES string of the molecule is COc1cc(NC(=O)C2CC=CCC2)ccc1F. The zero-order valence-electron chi connectivity index (χ0n) is 10.3. The third-order valence-electron chi connectivity index (χ3n) is 3.06. The highest BCUT2D eigenvalue weighted by molar-refractivity contribution is 5.92. The number of carbonyl (C=O) groups is 1. The van der Waals surface area contributed by atoms with E-state index in [-0.39, 0.29) is 17.6 Å². The Balaban J connectivity index is 2.04. The van der Waals surface area contributed by atoms with Crippen LogP contribution >= 0.6 is 0 Å². The minimum Gasteiger partial charge on any atom is -0.494 e. The molecule has 0 aliphatic heterocycles. The summed E-state index contributed by atoms with van der Waals surface area (Å²) in [6.07, 6.45) is 6.68.